The first-order valence-corrected chi connectivity index (χ1v) is 10.7. The number of ether oxygens (including phenoxy) is 1. The molecule has 2 aromatic carbocycles. The van der Waals surface area contributed by atoms with Gasteiger partial charge in [0, 0.05) is 28.8 Å². The number of carbonyl (C=O) groups is 3. The topological polar surface area (TPSA) is 116 Å². The molecule has 2 saturated carbocycles. The van der Waals surface area contributed by atoms with Gasteiger partial charge in [0.25, 0.3) is 11.6 Å². The number of benzene rings is 2. The fourth-order valence-corrected chi connectivity index (χ4v) is 5.12. The fraction of sp³-hybridized carbons (Fsp3) is 0.375. The fourth-order valence-electron chi connectivity index (χ4n) is 5.12. The third kappa shape index (κ3) is 4.26. The van der Waals surface area contributed by atoms with E-state index < -0.39 is 35.2 Å². The van der Waals surface area contributed by atoms with E-state index in [1.807, 2.05) is 6.07 Å². The zero-order valence-corrected chi connectivity index (χ0v) is 17.7. The molecule has 32 heavy (non-hydrogen) atoms. The predicted octanol–water partition coefficient (Wildman–Crippen LogP) is 3.93. The van der Waals surface area contributed by atoms with Crippen molar-refractivity contribution in [3.63, 3.8) is 0 Å². The summed E-state index contributed by atoms with van der Waals surface area (Å²) in [5.41, 5.74) is 1.20. The van der Waals surface area contributed by atoms with Crippen molar-refractivity contribution in [1.29, 1.82) is 0 Å². The smallest absolute Gasteiger partial charge is 0.310 e. The Morgan fingerprint density at radius 1 is 1.06 bits per heavy atom. The first kappa shape index (κ1) is 21.7. The SMILES string of the molecule is Cc1ccc(NC(=O)COC(=O)[C@H]2[C@H]3CC[C@@H](C3)[C@@H]2C(=O)c2ccccc2)cc1[N+](=O)[O-]. The maximum atomic E-state index is 13.1. The molecule has 0 saturated heterocycles. The standard InChI is InChI=1S/C24H24N2O6/c1-14-7-10-18(12-19(14)26(30)31)25-20(27)13-32-24(29)22-17-9-8-16(11-17)21(22)23(28)15-5-3-2-4-6-15/h2-7,10,12,16-17,21-22H,8-9,11,13H2,1H3,(H,25,27)/t16-,17-,21-,22-/m0/s1. The zero-order chi connectivity index (χ0) is 22.8. The van der Waals surface area contributed by atoms with E-state index in [9.17, 15) is 24.5 Å². The molecule has 2 aliphatic carbocycles. The average molecular weight is 436 g/mol. The summed E-state index contributed by atoms with van der Waals surface area (Å²) in [4.78, 5) is 48.8. The molecular weight excluding hydrogens is 412 g/mol. The van der Waals surface area contributed by atoms with E-state index in [1.54, 1.807) is 37.3 Å². The van der Waals surface area contributed by atoms with E-state index >= 15 is 0 Å². The summed E-state index contributed by atoms with van der Waals surface area (Å²) in [5, 5.41) is 13.6. The lowest BCUT2D eigenvalue weighted by molar-refractivity contribution is -0.385. The second-order valence-electron chi connectivity index (χ2n) is 8.53. The van der Waals surface area contributed by atoms with Crippen molar-refractivity contribution >= 4 is 29.0 Å². The first-order valence-electron chi connectivity index (χ1n) is 10.7. The molecule has 0 unspecified atom stereocenters. The van der Waals surface area contributed by atoms with Crippen LogP contribution >= 0.6 is 0 Å². The van der Waals surface area contributed by atoms with Crippen LogP contribution in [0.1, 0.15) is 35.2 Å². The Hall–Kier alpha value is -3.55. The molecule has 0 aliphatic heterocycles. The second-order valence-corrected chi connectivity index (χ2v) is 8.53. The average Bonchev–Trinajstić information content (AvgIpc) is 3.40. The number of amides is 1. The number of aryl methyl sites for hydroxylation is 1. The normalized spacial score (nSPS) is 23.5. The molecule has 1 amide bonds. The van der Waals surface area contributed by atoms with Crippen LogP contribution in [0.3, 0.4) is 0 Å². The number of esters is 1. The molecular formula is C24H24N2O6. The van der Waals surface area contributed by atoms with Crippen molar-refractivity contribution in [1.82, 2.24) is 0 Å². The lowest BCUT2D eigenvalue weighted by Gasteiger charge is -2.28. The van der Waals surface area contributed by atoms with E-state index in [-0.39, 0.29) is 29.0 Å². The largest absolute Gasteiger partial charge is 0.455 e. The van der Waals surface area contributed by atoms with Crippen molar-refractivity contribution < 1.29 is 24.0 Å². The van der Waals surface area contributed by atoms with Crippen molar-refractivity contribution in [3.05, 3.63) is 69.8 Å². The van der Waals surface area contributed by atoms with Crippen LogP contribution in [0.2, 0.25) is 0 Å². The van der Waals surface area contributed by atoms with Crippen molar-refractivity contribution in [3.8, 4) is 0 Å². The van der Waals surface area contributed by atoms with Gasteiger partial charge < -0.3 is 10.1 Å². The van der Waals surface area contributed by atoms with Crippen LogP contribution in [0.4, 0.5) is 11.4 Å². The molecule has 2 aromatic rings. The van der Waals surface area contributed by atoms with Crippen molar-refractivity contribution in [2.24, 2.45) is 23.7 Å². The van der Waals surface area contributed by atoms with Crippen LogP contribution < -0.4 is 5.32 Å². The molecule has 4 rings (SSSR count). The van der Waals surface area contributed by atoms with Gasteiger partial charge >= 0.3 is 5.97 Å². The number of nitrogens with zero attached hydrogens (tertiary/aromatic N) is 1. The van der Waals surface area contributed by atoms with E-state index in [4.69, 9.17) is 4.74 Å². The highest BCUT2D eigenvalue weighted by molar-refractivity contribution is 6.01. The van der Waals surface area contributed by atoms with Crippen molar-refractivity contribution in [2.75, 3.05) is 11.9 Å². The quantitative estimate of drug-likeness (QED) is 0.304. The number of nitro benzene ring substituents is 1. The zero-order valence-electron chi connectivity index (χ0n) is 17.7. The lowest BCUT2D eigenvalue weighted by Crippen LogP contribution is -2.37. The van der Waals surface area contributed by atoms with Crippen LogP contribution in [0, 0.1) is 40.7 Å². The number of hydrogen-bond donors (Lipinski definition) is 1. The minimum Gasteiger partial charge on any atom is -0.455 e. The van der Waals surface area contributed by atoms with Gasteiger partial charge in [-0.1, -0.05) is 36.4 Å². The molecule has 2 fully saturated rings. The van der Waals surface area contributed by atoms with Crippen LogP contribution in [-0.2, 0) is 14.3 Å². The molecule has 0 spiro atoms. The highest BCUT2D eigenvalue weighted by atomic mass is 16.6. The number of nitro groups is 1. The summed E-state index contributed by atoms with van der Waals surface area (Å²) >= 11 is 0. The van der Waals surface area contributed by atoms with Gasteiger partial charge in [-0.25, -0.2) is 0 Å². The summed E-state index contributed by atoms with van der Waals surface area (Å²) in [5.74, 6) is -1.89. The third-order valence-corrected chi connectivity index (χ3v) is 6.58. The molecule has 8 nitrogen and oxygen atoms in total. The van der Waals surface area contributed by atoms with Gasteiger partial charge in [0.05, 0.1) is 10.8 Å². The van der Waals surface area contributed by atoms with Gasteiger partial charge in [0.15, 0.2) is 12.4 Å². The third-order valence-electron chi connectivity index (χ3n) is 6.58. The van der Waals surface area contributed by atoms with E-state index in [2.05, 4.69) is 5.32 Å². The Morgan fingerprint density at radius 2 is 1.75 bits per heavy atom. The number of nitrogens with one attached hydrogen (secondary N) is 1. The van der Waals surface area contributed by atoms with E-state index in [1.165, 1.54) is 12.1 Å². The molecule has 8 heteroatoms. The monoisotopic (exact) mass is 436 g/mol. The Kier molecular flexibility index (Phi) is 6.03. The van der Waals surface area contributed by atoms with Gasteiger partial charge in [-0.2, -0.15) is 0 Å². The molecule has 0 aromatic heterocycles. The van der Waals surface area contributed by atoms with Gasteiger partial charge in [-0.3, -0.25) is 24.5 Å². The molecule has 4 atom stereocenters. The molecule has 2 aliphatic rings. The van der Waals surface area contributed by atoms with Gasteiger partial charge in [0.1, 0.15) is 0 Å². The van der Waals surface area contributed by atoms with Gasteiger partial charge in [-0.05, 0) is 44.1 Å². The summed E-state index contributed by atoms with van der Waals surface area (Å²) in [6, 6.07) is 13.3. The number of hydrogen-bond acceptors (Lipinski definition) is 6. The molecule has 2 bridgehead atoms. The minimum atomic E-state index is -0.592. The number of carbonyl (C=O) groups excluding carboxylic acids is 3. The number of ketones is 1. The molecule has 0 heterocycles. The Balaban J connectivity index is 1.40. The predicted molar refractivity (Wildman–Crippen MR) is 116 cm³/mol. The molecule has 1 N–H and O–H groups in total. The van der Waals surface area contributed by atoms with Crippen LogP contribution in [-0.4, -0.2) is 29.2 Å². The Bertz CT molecular complexity index is 1070. The summed E-state index contributed by atoms with van der Waals surface area (Å²) in [6.45, 7) is 1.09. The van der Waals surface area contributed by atoms with Crippen LogP contribution in [0.15, 0.2) is 48.5 Å². The van der Waals surface area contributed by atoms with E-state index in [0.29, 0.717) is 11.1 Å². The summed E-state index contributed by atoms with van der Waals surface area (Å²) in [7, 11) is 0. The minimum absolute atomic E-state index is 0.0452. The maximum Gasteiger partial charge on any atom is 0.310 e. The van der Waals surface area contributed by atoms with Gasteiger partial charge in [-0.15, -0.1) is 0 Å². The lowest BCUT2D eigenvalue weighted by atomic mass is 9.75. The number of anilines is 1. The molecule has 166 valence electrons. The van der Waals surface area contributed by atoms with E-state index in [0.717, 1.165) is 19.3 Å². The Labute approximate surface area is 185 Å². The maximum absolute atomic E-state index is 13.1. The number of Topliss-reactive ketones (excluding diaryl/α,β-unsaturated/α-hetero) is 1. The highest BCUT2D eigenvalue weighted by Gasteiger charge is 2.54. The molecule has 0 radical (unpaired) electrons. The highest BCUT2D eigenvalue weighted by Crippen LogP contribution is 2.53. The van der Waals surface area contributed by atoms with Crippen LogP contribution in [0.5, 0.6) is 0 Å². The van der Waals surface area contributed by atoms with Crippen molar-refractivity contribution in [2.45, 2.75) is 26.2 Å². The first-order chi connectivity index (χ1) is 15.3. The van der Waals surface area contributed by atoms with Gasteiger partial charge in [0.2, 0.25) is 0 Å². The second kappa shape index (κ2) is 8.90. The summed E-state index contributed by atoms with van der Waals surface area (Å²) < 4.78 is 5.29. The van der Waals surface area contributed by atoms with Crippen LogP contribution in [0.25, 0.3) is 0 Å². The number of rotatable bonds is 7. The Morgan fingerprint density at radius 3 is 2.44 bits per heavy atom. The summed E-state index contributed by atoms with van der Waals surface area (Å²) in [6.07, 6.45) is 2.62. The number of fused-ring (bicyclic) bond motifs is 2.